The van der Waals surface area contributed by atoms with Gasteiger partial charge in [-0.3, -0.25) is 14.9 Å². The third kappa shape index (κ3) is 3.81. The predicted molar refractivity (Wildman–Crippen MR) is 62.0 cm³/mol. The average molecular weight is 227 g/mol. The largest absolute Gasteiger partial charge is 0.355 e. The molecular weight excluding hydrogens is 206 g/mol. The van der Waals surface area contributed by atoms with Crippen LogP contribution in [0, 0.1) is 0 Å². The number of nitrogens with one attached hydrogen (secondary N) is 2. The van der Waals surface area contributed by atoms with Crippen molar-refractivity contribution in [3.8, 4) is 0 Å². The van der Waals surface area contributed by atoms with E-state index in [1.165, 1.54) is 0 Å². The minimum absolute atomic E-state index is 0.0180. The molecule has 2 amide bonds. The fourth-order valence-corrected chi connectivity index (χ4v) is 1.66. The Kier molecular flexibility index (Phi) is 5.25. The number of amides is 2. The van der Waals surface area contributed by atoms with Crippen LogP contribution in [0.5, 0.6) is 0 Å². The zero-order valence-corrected chi connectivity index (χ0v) is 10.1. The molecule has 16 heavy (non-hydrogen) atoms. The molecule has 0 saturated carbocycles. The number of carbonyl (C=O) groups is 2. The maximum Gasteiger partial charge on any atom is 0.237 e. The molecule has 0 aromatic rings. The van der Waals surface area contributed by atoms with Crippen molar-refractivity contribution in [3.63, 3.8) is 0 Å². The molecule has 1 fully saturated rings. The van der Waals surface area contributed by atoms with E-state index in [9.17, 15) is 9.59 Å². The van der Waals surface area contributed by atoms with Crippen molar-refractivity contribution in [1.29, 1.82) is 0 Å². The van der Waals surface area contributed by atoms with Gasteiger partial charge < -0.3 is 10.2 Å². The van der Waals surface area contributed by atoms with Crippen LogP contribution in [-0.2, 0) is 9.59 Å². The molecule has 5 nitrogen and oxygen atoms in total. The smallest absolute Gasteiger partial charge is 0.237 e. The average Bonchev–Trinajstić information content (AvgIpc) is 2.50. The summed E-state index contributed by atoms with van der Waals surface area (Å²) in [6, 6.07) is -0.211. The number of carbonyl (C=O) groups excluding carboxylic acids is 2. The second kappa shape index (κ2) is 6.48. The number of likely N-dealkylation sites (N-methyl/N-ethyl adjacent to an activating group) is 1. The van der Waals surface area contributed by atoms with E-state index in [4.69, 9.17) is 0 Å². The minimum Gasteiger partial charge on any atom is -0.355 e. The van der Waals surface area contributed by atoms with Crippen LogP contribution >= 0.6 is 0 Å². The highest BCUT2D eigenvalue weighted by Gasteiger charge is 2.21. The van der Waals surface area contributed by atoms with E-state index in [1.807, 2.05) is 6.92 Å². The lowest BCUT2D eigenvalue weighted by Crippen LogP contribution is -2.46. The molecule has 0 aromatic carbocycles. The first-order valence-electron chi connectivity index (χ1n) is 5.90. The van der Waals surface area contributed by atoms with Crippen LogP contribution in [0.15, 0.2) is 0 Å². The number of hydrogen-bond acceptors (Lipinski definition) is 3. The van der Waals surface area contributed by atoms with Gasteiger partial charge >= 0.3 is 0 Å². The topological polar surface area (TPSA) is 61.4 Å². The van der Waals surface area contributed by atoms with Gasteiger partial charge in [0.05, 0.1) is 12.6 Å². The molecular formula is C11H21N3O2. The summed E-state index contributed by atoms with van der Waals surface area (Å²) < 4.78 is 0. The summed E-state index contributed by atoms with van der Waals surface area (Å²) >= 11 is 0. The number of nitrogens with zero attached hydrogens (tertiary/aromatic N) is 1. The minimum atomic E-state index is -0.211. The van der Waals surface area contributed by atoms with E-state index in [0.29, 0.717) is 6.54 Å². The lowest BCUT2D eigenvalue weighted by atomic mass is 10.1. The van der Waals surface area contributed by atoms with Gasteiger partial charge in [0.2, 0.25) is 11.8 Å². The van der Waals surface area contributed by atoms with Gasteiger partial charge in [0, 0.05) is 20.1 Å². The summed E-state index contributed by atoms with van der Waals surface area (Å²) in [5, 5.41) is 5.86. The standard InChI is InChI=1S/C11H21N3O2/c1-3-14(2)10(15)8-13-9-6-4-5-7-12-11(9)16/h9,13H,3-8H2,1-2H3,(H,12,16). The van der Waals surface area contributed by atoms with E-state index >= 15 is 0 Å². The van der Waals surface area contributed by atoms with Gasteiger partial charge in [0.25, 0.3) is 0 Å². The van der Waals surface area contributed by atoms with Crippen molar-refractivity contribution in [1.82, 2.24) is 15.5 Å². The summed E-state index contributed by atoms with van der Waals surface area (Å²) in [5.41, 5.74) is 0. The van der Waals surface area contributed by atoms with Crippen LogP contribution in [-0.4, -0.2) is 49.4 Å². The molecule has 0 spiro atoms. The third-order valence-electron chi connectivity index (χ3n) is 2.94. The molecule has 1 aliphatic rings. The molecule has 1 aliphatic heterocycles. The summed E-state index contributed by atoms with van der Waals surface area (Å²) in [4.78, 5) is 24.7. The van der Waals surface area contributed by atoms with Crippen LogP contribution in [0.1, 0.15) is 26.2 Å². The van der Waals surface area contributed by atoms with Gasteiger partial charge in [-0.1, -0.05) is 0 Å². The van der Waals surface area contributed by atoms with Gasteiger partial charge in [0.15, 0.2) is 0 Å². The first-order chi connectivity index (χ1) is 7.65. The molecule has 92 valence electrons. The van der Waals surface area contributed by atoms with Crippen molar-refractivity contribution in [3.05, 3.63) is 0 Å². The molecule has 0 aliphatic carbocycles. The summed E-state index contributed by atoms with van der Waals surface area (Å²) in [7, 11) is 1.76. The quantitative estimate of drug-likeness (QED) is 0.694. The van der Waals surface area contributed by atoms with Crippen molar-refractivity contribution < 1.29 is 9.59 Å². The molecule has 1 atom stereocenters. The van der Waals surface area contributed by atoms with Crippen molar-refractivity contribution in [2.75, 3.05) is 26.7 Å². The summed E-state index contributed by atoms with van der Waals surface area (Å²) in [6.45, 7) is 3.61. The van der Waals surface area contributed by atoms with Crippen LogP contribution < -0.4 is 10.6 Å². The summed E-state index contributed by atoms with van der Waals surface area (Å²) in [5.74, 6) is 0.0454. The lowest BCUT2D eigenvalue weighted by Gasteiger charge is -2.18. The third-order valence-corrected chi connectivity index (χ3v) is 2.94. The number of rotatable bonds is 4. The Labute approximate surface area is 96.6 Å². The fourth-order valence-electron chi connectivity index (χ4n) is 1.66. The maximum absolute atomic E-state index is 11.6. The van der Waals surface area contributed by atoms with Crippen molar-refractivity contribution in [2.45, 2.75) is 32.2 Å². The zero-order valence-electron chi connectivity index (χ0n) is 10.1. The normalized spacial score (nSPS) is 21.1. The first-order valence-corrected chi connectivity index (χ1v) is 5.90. The van der Waals surface area contributed by atoms with Crippen molar-refractivity contribution >= 4 is 11.8 Å². The highest BCUT2D eigenvalue weighted by Crippen LogP contribution is 2.04. The van der Waals surface area contributed by atoms with Gasteiger partial charge in [-0.25, -0.2) is 0 Å². The van der Waals surface area contributed by atoms with Crippen molar-refractivity contribution in [2.24, 2.45) is 0 Å². The van der Waals surface area contributed by atoms with Gasteiger partial charge in [-0.2, -0.15) is 0 Å². The van der Waals surface area contributed by atoms with E-state index in [-0.39, 0.29) is 24.4 Å². The molecule has 2 N–H and O–H groups in total. The Morgan fingerprint density at radius 1 is 1.56 bits per heavy atom. The second-order valence-corrected chi connectivity index (χ2v) is 4.13. The van der Waals surface area contributed by atoms with Gasteiger partial charge in [-0.15, -0.1) is 0 Å². The lowest BCUT2D eigenvalue weighted by molar-refractivity contribution is -0.129. The maximum atomic E-state index is 11.6. The summed E-state index contributed by atoms with van der Waals surface area (Å²) in [6.07, 6.45) is 2.86. The van der Waals surface area contributed by atoms with Gasteiger partial charge in [-0.05, 0) is 26.2 Å². The molecule has 1 rings (SSSR count). The predicted octanol–water partition coefficient (Wildman–Crippen LogP) is -0.277. The van der Waals surface area contributed by atoms with E-state index in [2.05, 4.69) is 10.6 Å². The Bertz CT molecular complexity index is 256. The zero-order chi connectivity index (χ0) is 12.0. The molecule has 1 unspecified atom stereocenters. The SMILES string of the molecule is CCN(C)C(=O)CNC1CCCCNC1=O. The Balaban J connectivity index is 2.35. The molecule has 5 heteroatoms. The van der Waals surface area contributed by atoms with E-state index in [1.54, 1.807) is 11.9 Å². The van der Waals surface area contributed by atoms with Crippen LogP contribution in [0.3, 0.4) is 0 Å². The van der Waals surface area contributed by atoms with Crippen LogP contribution in [0.2, 0.25) is 0 Å². The Hall–Kier alpha value is -1.10. The molecule has 0 aromatic heterocycles. The molecule has 1 heterocycles. The van der Waals surface area contributed by atoms with Gasteiger partial charge in [0.1, 0.15) is 0 Å². The first kappa shape index (κ1) is 13.0. The molecule has 0 radical (unpaired) electrons. The second-order valence-electron chi connectivity index (χ2n) is 4.13. The Morgan fingerprint density at radius 2 is 2.31 bits per heavy atom. The highest BCUT2D eigenvalue weighted by molar-refractivity contribution is 5.83. The molecule has 1 saturated heterocycles. The van der Waals surface area contributed by atoms with Crippen LogP contribution in [0.25, 0.3) is 0 Å². The van der Waals surface area contributed by atoms with E-state index in [0.717, 1.165) is 25.8 Å². The molecule has 0 bridgehead atoms. The monoisotopic (exact) mass is 227 g/mol. The highest BCUT2D eigenvalue weighted by atomic mass is 16.2. The Morgan fingerprint density at radius 3 is 3.00 bits per heavy atom. The van der Waals surface area contributed by atoms with Crippen LogP contribution in [0.4, 0.5) is 0 Å². The number of hydrogen-bond donors (Lipinski definition) is 2. The van der Waals surface area contributed by atoms with E-state index < -0.39 is 0 Å². The fraction of sp³-hybridized carbons (Fsp3) is 0.818.